The Balaban J connectivity index is 2.08. The fourth-order valence-electron chi connectivity index (χ4n) is 2.08. The molecule has 0 bridgehead atoms. The van der Waals surface area contributed by atoms with Gasteiger partial charge in [-0.05, 0) is 25.7 Å². The van der Waals surface area contributed by atoms with Gasteiger partial charge in [0, 0.05) is 6.54 Å². The van der Waals surface area contributed by atoms with E-state index in [1.807, 2.05) is 0 Å². The molecule has 0 spiro atoms. The zero-order valence-electron chi connectivity index (χ0n) is 10.4. The zero-order valence-corrected chi connectivity index (χ0v) is 10.4. The second-order valence-corrected chi connectivity index (χ2v) is 4.75. The predicted molar refractivity (Wildman–Crippen MR) is 64.0 cm³/mol. The summed E-state index contributed by atoms with van der Waals surface area (Å²) in [6, 6.07) is -0.436. The Morgan fingerprint density at radius 1 is 1.50 bits per heavy atom. The Labute approximate surface area is 97.9 Å². The Morgan fingerprint density at radius 3 is 2.81 bits per heavy atom. The largest absolute Gasteiger partial charge is 0.376 e. The molecule has 0 aromatic carbocycles. The molecule has 0 saturated heterocycles. The molecule has 0 aliphatic heterocycles. The normalized spacial score (nSPS) is 27.4. The van der Waals surface area contributed by atoms with Crippen LogP contribution in [0.4, 0.5) is 0 Å². The van der Waals surface area contributed by atoms with Crippen LogP contribution in [0.1, 0.15) is 39.5 Å². The minimum Gasteiger partial charge on any atom is -0.376 e. The molecule has 0 aromatic rings. The molecular weight excluding hydrogens is 204 g/mol. The van der Waals surface area contributed by atoms with E-state index in [-0.39, 0.29) is 5.91 Å². The Bertz CT molecular complexity index is 219. The van der Waals surface area contributed by atoms with Crippen molar-refractivity contribution in [1.82, 2.24) is 5.32 Å². The van der Waals surface area contributed by atoms with Gasteiger partial charge in [0.1, 0.15) is 0 Å². The first kappa shape index (κ1) is 13.5. The SMILES string of the molecule is CC1CCCCC1OCCNC(=O)[C@@H](C)N. The van der Waals surface area contributed by atoms with Gasteiger partial charge < -0.3 is 15.8 Å². The van der Waals surface area contributed by atoms with E-state index in [0.29, 0.717) is 25.2 Å². The van der Waals surface area contributed by atoms with Crippen LogP contribution in [0.15, 0.2) is 0 Å². The lowest BCUT2D eigenvalue weighted by atomic mass is 9.88. The first-order valence-corrected chi connectivity index (χ1v) is 6.26. The van der Waals surface area contributed by atoms with E-state index in [2.05, 4.69) is 12.2 Å². The standard InChI is InChI=1S/C12H24N2O2/c1-9-5-3-4-6-11(9)16-8-7-14-12(15)10(2)13/h9-11H,3-8,13H2,1-2H3,(H,14,15)/t9?,10-,11?/m1/s1. The first-order valence-electron chi connectivity index (χ1n) is 6.26. The lowest BCUT2D eigenvalue weighted by molar-refractivity contribution is -0.122. The molecule has 3 N–H and O–H groups in total. The van der Waals surface area contributed by atoms with E-state index < -0.39 is 6.04 Å². The number of rotatable bonds is 5. The lowest BCUT2D eigenvalue weighted by Gasteiger charge is -2.28. The molecule has 1 saturated carbocycles. The van der Waals surface area contributed by atoms with E-state index in [1.54, 1.807) is 6.92 Å². The predicted octanol–water partition coefficient (Wildman–Crippen LogP) is 1.05. The average Bonchev–Trinajstić information content (AvgIpc) is 2.26. The summed E-state index contributed by atoms with van der Waals surface area (Å²) in [7, 11) is 0. The maximum Gasteiger partial charge on any atom is 0.236 e. The van der Waals surface area contributed by atoms with Gasteiger partial charge in [-0.25, -0.2) is 0 Å². The molecule has 0 radical (unpaired) electrons. The van der Waals surface area contributed by atoms with Crippen LogP contribution in [0, 0.1) is 5.92 Å². The van der Waals surface area contributed by atoms with Crippen LogP contribution in [-0.4, -0.2) is 31.2 Å². The van der Waals surface area contributed by atoms with Crippen molar-refractivity contribution in [3.63, 3.8) is 0 Å². The average molecular weight is 228 g/mol. The van der Waals surface area contributed by atoms with Crippen LogP contribution >= 0.6 is 0 Å². The van der Waals surface area contributed by atoms with E-state index >= 15 is 0 Å². The topological polar surface area (TPSA) is 64.3 Å². The number of ether oxygens (including phenoxy) is 1. The third-order valence-corrected chi connectivity index (χ3v) is 3.18. The van der Waals surface area contributed by atoms with E-state index in [9.17, 15) is 4.79 Å². The van der Waals surface area contributed by atoms with Crippen molar-refractivity contribution in [2.75, 3.05) is 13.2 Å². The molecule has 1 aliphatic carbocycles. The fraction of sp³-hybridized carbons (Fsp3) is 0.917. The number of nitrogens with two attached hydrogens (primary N) is 1. The third-order valence-electron chi connectivity index (χ3n) is 3.18. The Hall–Kier alpha value is -0.610. The number of amides is 1. The van der Waals surface area contributed by atoms with Gasteiger partial charge in [0.2, 0.25) is 5.91 Å². The molecule has 1 amide bonds. The van der Waals surface area contributed by atoms with Gasteiger partial charge >= 0.3 is 0 Å². The summed E-state index contributed by atoms with van der Waals surface area (Å²) in [4.78, 5) is 11.2. The number of nitrogens with one attached hydrogen (secondary N) is 1. The molecular formula is C12H24N2O2. The first-order chi connectivity index (χ1) is 7.61. The van der Waals surface area contributed by atoms with E-state index in [4.69, 9.17) is 10.5 Å². The van der Waals surface area contributed by atoms with Crippen LogP contribution in [0.2, 0.25) is 0 Å². The van der Waals surface area contributed by atoms with Crippen molar-refractivity contribution in [2.45, 2.75) is 51.7 Å². The minimum absolute atomic E-state index is 0.111. The Morgan fingerprint density at radius 2 is 2.19 bits per heavy atom. The molecule has 1 rings (SSSR count). The lowest BCUT2D eigenvalue weighted by Crippen LogP contribution is -2.40. The van der Waals surface area contributed by atoms with Crippen LogP contribution in [-0.2, 0) is 9.53 Å². The summed E-state index contributed by atoms with van der Waals surface area (Å²) in [6.45, 7) is 5.07. The quantitative estimate of drug-likeness (QED) is 0.691. The molecule has 94 valence electrons. The molecule has 2 unspecified atom stereocenters. The third kappa shape index (κ3) is 4.49. The molecule has 0 aromatic heterocycles. The maximum atomic E-state index is 11.2. The zero-order chi connectivity index (χ0) is 12.0. The van der Waals surface area contributed by atoms with Gasteiger partial charge in [-0.3, -0.25) is 4.79 Å². The number of hydrogen-bond acceptors (Lipinski definition) is 3. The second-order valence-electron chi connectivity index (χ2n) is 4.75. The molecule has 0 heterocycles. The van der Waals surface area contributed by atoms with Crippen LogP contribution in [0.3, 0.4) is 0 Å². The van der Waals surface area contributed by atoms with Crippen LogP contribution in [0.5, 0.6) is 0 Å². The summed E-state index contributed by atoms with van der Waals surface area (Å²) in [6.07, 6.45) is 5.38. The number of hydrogen-bond donors (Lipinski definition) is 2. The highest BCUT2D eigenvalue weighted by Gasteiger charge is 2.21. The van der Waals surface area contributed by atoms with Crippen molar-refractivity contribution in [2.24, 2.45) is 11.7 Å². The smallest absolute Gasteiger partial charge is 0.236 e. The molecule has 1 fully saturated rings. The van der Waals surface area contributed by atoms with Crippen molar-refractivity contribution in [3.8, 4) is 0 Å². The molecule has 3 atom stereocenters. The van der Waals surface area contributed by atoms with Gasteiger partial charge in [0.15, 0.2) is 0 Å². The second kappa shape index (κ2) is 6.86. The summed E-state index contributed by atoms with van der Waals surface area (Å²) in [5.41, 5.74) is 5.43. The number of carbonyl (C=O) groups excluding carboxylic acids is 1. The van der Waals surface area contributed by atoms with Gasteiger partial charge in [-0.15, -0.1) is 0 Å². The van der Waals surface area contributed by atoms with Crippen molar-refractivity contribution >= 4 is 5.91 Å². The van der Waals surface area contributed by atoms with Crippen molar-refractivity contribution in [1.29, 1.82) is 0 Å². The highest BCUT2D eigenvalue weighted by atomic mass is 16.5. The minimum atomic E-state index is -0.436. The van der Waals surface area contributed by atoms with Gasteiger partial charge in [-0.1, -0.05) is 19.8 Å². The highest BCUT2D eigenvalue weighted by molar-refractivity contribution is 5.80. The van der Waals surface area contributed by atoms with E-state index in [0.717, 1.165) is 6.42 Å². The van der Waals surface area contributed by atoms with Gasteiger partial charge in [0.25, 0.3) is 0 Å². The summed E-state index contributed by atoms with van der Waals surface area (Å²) < 4.78 is 5.77. The summed E-state index contributed by atoms with van der Waals surface area (Å²) in [5.74, 6) is 0.540. The van der Waals surface area contributed by atoms with Crippen molar-refractivity contribution in [3.05, 3.63) is 0 Å². The van der Waals surface area contributed by atoms with E-state index in [1.165, 1.54) is 19.3 Å². The van der Waals surface area contributed by atoms with Crippen LogP contribution < -0.4 is 11.1 Å². The van der Waals surface area contributed by atoms with Crippen LogP contribution in [0.25, 0.3) is 0 Å². The molecule has 4 heteroatoms. The number of carbonyl (C=O) groups is 1. The monoisotopic (exact) mass is 228 g/mol. The van der Waals surface area contributed by atoms with Gasteiger partial charge in [-0.2, -0.15) is 0 Å². The summed E-state index contributed by atoms with van der Waals surface area (Å²) >= 11 is 0. The van der Waals surface area contributed by atoms with Gasteiger partial charge in [0.05, 0.1) is 18.8 Å². The fourth-order valence-corrected chi connectivity index (χ4v) is 2.08. The Kier molecular flexibility index (Phi) is 5.77. The molecule has 16 heavy (non-hydrogen) atoms. The molecule has 1 aliphatic rings. The maximum absolute atomic E-state index is 11.2. The highest BCUT2D eigenvalue weighted by Crippen LogP contribution is 2.25. The molecule has 4 nitrogen and oxygen atoms in total. The summed E-state index contributed by atoms with van der Waals surface area (Å²) in [5, 5.41) is 2.75. The van der Waals surface area contributed by atoms with Crippen molar-refractivity contribution < 1.29 is 9.53 Å².